The van der Waals surface area contributed by atoms with E-state index in [0.717, 1.165) is 28.9 Å². The Labute approximate surface area is 154 Å². The van der Waals surface area contributed by atoms with Gasteiger partial charge in [-0.2, -0.15) is 5.10 Å². The molecule has 1 heterocycles. The van der Waals surface area contributed by atoms with Gasteiger partial charge in [0.2, 0.25) is 0 Å². The molecular weight excluding hydrogens is 360 g/mol. The van der Waals surface area contributed by atoms with Gasteiger partial charge in [0.15, 0.2) is 11.6 Å². The van der Waals surface area contributed by atoms with Crippen molar-refractivity contribution in [1.29, 1.82) is 0 Å². The monoisotopic (exact) mass is 375 g/mol. The fraction of sp³-hybridized carbons (Fsp3) is 0.158. The predicted octanol–water partition coefficient (Wildman–Crippen LogP) is 4.98. The van der Waals surface area contributed by atoms with Crippen molar-refractivity contribution in [2.45, 2.75) is 20.8 Å². The zero-order chi connectivity index (χ0) is 19.0. The molecule has 2 aromatic carbocycles. The first-order valence-electron chi connectivity index (χ1n) is 7.86. The lowest BCUT2D eigenvalue weighted by Gasteiger charge is -2.11. The zero-order valence-electron chi connectivity index (χ0n) is 14.4. The van der Waals surface area contributed by atoms with Crippen LogP contribution in [0.3, 0.4) is 0 Å². The van der Waals surface area contributed by atoms with Crippen molar-refractivity contribution >= 4 is 23.3 Å². The Hall–Kier alpha value is -2.73. The highest BCUT2D eigenvalue weighted by Crippen LogP contribution is 2.23. The maximum absolute atomic E-state index is 13.5. The number of carbonyl (C=O) groups is 1. The first-order chi connectivity index (χ1) is 12.2. The number of anilines is 1. The normalized spacial score (nSPS) is 10.8. The van der Waals surface area contributed by atoms with Crippen LogP contribution >= 0.6 is 11.6 Å². The Balaban J connectivity index is 1.99. The van der Waals surface area contributed by atoms with Crippen LogP contribution in [0.25, 0.3) is 5.69 Å². The topological polar surface area (TPSA) is 46.9 Å². The van der Waals surface area contributed by atoms with Crippen LogP contribution in [0.2, 0.25) is 5.02 Å². The second-order valence-electron chi connectivity index (χ2n) is 6.13. The van der Waals surface area contributed by atoms with Gasteiger partial charge in [0.1, 0.15) is 5.82 Å². The van der Waals surface area contributed by atoms with Crippen LogP contribution < -0.4 is 5.32 Å². The second-order valence-corrected chi connectivity index (χ2v) is 6.54. The third kappa shape index (κ3) is 3.60. The molecule has 3 aromatic rings. The SMILES string of the molecule is Cc1cc(C)cc(-n2nc(C)cc2NC(=O)c2cc(F)c(F)cc2Cl)c1. The average molecular weight is 376 g/mol. The molecule has 0 saturated heterocycles. The number of aryl methyl sites for hydroxylation is 3. The summed E-state index contributed by atoms with van der Waals surface area (Å²) in [5, 5.41) is 6.89. The molecule has 7 heteroatoms. The summed E-state index contributed by atoms with van der Waals surface area (Å²) in [7, 11) is 0. The van der Waals surface area contributed by atoms with E-state index in [0.29, 0.717) is 11.5 Å². The Morgan fingerprint density at radius 1 is 1.00 bits per heavy atom. The number of nitrogens with zero attached hydrogens (tertiary/aromatic N) is 2. The molecule has 0 atom stereocenters. The second kappa shape index (κ2) is 6.88. The summed E-state index contributed by atoms with van der Waals surface area (Å²) in [5.74, 6) is -2.50. The van der Waals surface area contributed by atoms with E-state index in [4.69, 9.17) is 11.6 Å². The number of aromatic nitrogens is 2. The fourth-order valence-electron chi connectivity index (χ4n) is 2.74. The van der Waals surface area contributed by atoms with Gasteiger partial charge >= 0.3 is 0 Å². The van der Waals surface area contributed by atoms with Crippen molar-refractivity contribution in [2.75, 3.05) is 5.32 Å². The third-order valence-electron chi connectivity index (χ3n) is 3.78. The minimum atomic E-state index is -1.14. The van der Waals surface area contributed by atoms with Crippen LogP contribution in [0.15, 0.2) is 36.4 Å². The predicted molar refractivity (Wildman–Crippen MR) is 97.1 cm³/mol. The van der Waals surface area contributed by atoms with Crippen LogP contribution in [0, 0.1) is 32.4 Å². The molecule has 134 valence electrons. The van der Waals surface area contributed by atoms with E-state index in [2.05, 4.69) is 10.4 Å². The van der Waals surface area contributed by atoms with Crippen molar-refractivity contribution in [3.63, 3.8) is 0 Å². The maximum Gasteiger partial charge on any atom is 0.258 e. The number of carbonyl (C=O) groups excluding carboxylic acids is 1. The first kappa shape index (κ1) is 18.1. The minimum absolute atomic E-state index is 0.156. The van der Waals surface area contributed by atoms with Crippen molar-refractivity contribution in [3.05, 3.63) is 75.4 Å². The average Bonchev–Trinajstić information content (AvgIpc) is 2.90. The molecule has 0 aliphatic rings. The Bertz CT molecular complexity index is 994. The summed E-state index contributed by atoms with van der Waals surface area (Å²) in [5.41, 5.74) is 3.41. The van der Waals surface area contributed by atoms with Crippen molar-refractivity contribution in [2.24, 2.45) is 0 Å². The maximum atomic E-state index is 13.5. The van der Waals surface area contributed by atoms with E-state index in [1.54, 1.807) is 17.7 Å². The molecule has 1 aromatic heterocycles. The molecule has 0 unspecified atom stereocenters. The van der Waals surface area contributed by atoms with Gasteiger partial charge in [-0.05, 0) is 56.2 Å². The standard InChI is InChI=1S/C19H16ClF2N3O/c1-10-4-11(2)6-13(5-10)25-18(7-12(3)24-25)23-19(26)14-8-16(21)17(22)9-15(14)20/h4-9H,1-3H3,(H,23,26). The molecule has 4 nitrogen and oxygen atoms in total. The fourth-order valence-corrected chi connectivity index (χ4v) is 2.97. The molecule has 26 heavy (non-hydrogen) atoms. The van der Waals surface area contributed by atoms with E-state index in [1.807, 2.05) is 32.0 Å². The summed E-state index contributed by atoms with van der Waals surface area (Å²) >= 11 is 5.88. The van der Waals surface area contributed by atoms with Crippen LogP contribution in [0.5, 0.6) is 0 Å². The Kier molecular flexibility index (Phi) is 4.78. The molecule has 1 amide bonds. The van der Waals surface area contributed by atoms with E-state index >= 15 is 0 Å². The van der Waals surface area contributed by atoms with Gasteiger partial charge in [-0.15, -0.1) is 0 Å². The molecule has 0 saturated carbocycles. The number of rotatable bonds is 3. The van der Waals surface area contributed by atoms with E-state index in [9.17, 15) is 13.6 Å². The molecule has 0 radical (unpaired) electrons. The van der Waals surface area contributed by atoms with Crippen LogP contribution in [0.4, 0.5) is 14.6 Å². The van der Waals surface area contributed by atoms with Gasteiger partial charge in [0, 0.05) is 6.07 Å². The largest absolute Gasteiger partial charge is 0.306 e. The van der Waals surface area contributed by atoms with Gasteiger partial charge in [-0.1, -0.05) is 17.7 Å². The van der Waals surface area contributed by atoms with Gasteiger partial charge in [-0.25, -0.2) is 13.5 Å². The Morgan fingerprint density at radius 3 is 2.27 bits per heavy atom. The van der Waals surface area contributed by atoms with Crippen LogP contribution in [-0.2, 0) is 0 Å². The number of halogens is 3. The molecule has 3 rings (SSSR count). The number of hydrogen-bond acceptors (Lipinski definition) is 2. The van der Waals surface area contributed by atoms with E-state index in [1.165, 1.54) is 0 Å². The number of benzene rings is 2. The highest BCUT2D eigenvalue weighted by molar-refractivity contribution is 6.34. The highest BCUT2D eigenvalue weighted by Gasteiger charge is 2.18. The summed E-state index contributed by atoms with van der Waals surface area (Å²) in [6.07, 6.45) is 0. The summed E-state index contributed by atoms with van der Waals surface area (Å²) in [6.45, 7) is 5.72. The highest BCUT2D eigenvalue weighted by atomic mass is 35.5. The molecule has 0 aliphatic carbocycles. The smallest absolute Gasteiger partial charge is 0.258 e. The van der Waals surface area contributed by atoms with E-state index in [-0.39, 0.29) is 10.6 Å². The summed E-state index contributed by atoms with van der Waals surface area (Å²) in [4.78, 5) is 12.5. The number of hydrogen-bond donors (Lipinski definition) is 1. The number of amides is 1. The van der Waals surface area contributed by atoms with Gasteiger partial charge in [0.05, 0.1) is 22.0 Å². The summed E-state index contributed by atoms with van der Waals surface area (Å²) in [6, 6.07) is 9.12. The van der Waals surface area contributed by atoms with Gasteiger partial charge in [0.25, 0.3) is 5.91 Å². The molecule has 1 N–H and O–H groups in total. The van der Waals surface area contributed by atoms with Gasteiger partial charge < -0.3 is 5.32 Å². The lowest BCUT2D eigenvalue weighted by Crippen LogP contribution is -2.16. The lowest BCUT2D eigenvalue weighted by molar-refractivity contribution is 0.102. The first-order valence-corrected chi connectivity index (χ1v) is 8.23. The molecule has 0 fully saturated rings. The molecule has 0 bridgehead atoms. The van der Waals surface area contributed by atoms with E-state index < -0.39 is 17.5 Å². The minimum Gasteiger partial charge on any atom is -0.306 e. The number of nitrogens with one attached hydrogen (secondary N) is 1. The molecule has 0 spiro atoms. The van der Waals surface area contributed by atoms with Crippen molar-refractivity contribution < 1.29 is 13.6 Å². The molecule has 0 aliphatic heterocycles. The van der Waals surface area contributed by atoms with Crippen molar-refractivity contribution in [1.82, 2.24) is 9.78 Å². The zero-order valence-corrected chi connectivity index (χ0v) is 15.2. The Morgan fingerprint density at radius 2 is 1.62 bits per heavy atom. The quantitative estimate of drug-likeness (QED) is 0.656. The molecular formula is C19H16ClF2N3O. The van der Waals surface area contributed by atoms with Gasteiger partial charge in [-0.3, -0.25) is 4.79 Å². The summed E-state index contributed by atoms with van der Waals surface area (Å²) < 4.78 is 28.3. The van der Waals surface area contributed by atoms with Crippen molar-refractivity contribution in [3.8, 4) is 5.69 Å². The van der Waals surface area contributed by atoms with Crippen LogP contribution in [0.1, 0.15) is 27.2 Å². The lowest BCUT2D eigenvalue weighted by atomic mass is 10.1. The van der Waals surface area contributed by atoms with Crippen LogP contribution in [-0.4, -0.2) is 15.7 Å². The third-order valence-corrected chi connectivity index (χ3v) is 4.09.